The number of hydrogen-bond donors (Lipinski definition) is 1. The summed E-state index contributed by atoms with van der Waals surface area (Å²) in [5.74, 6) is 0. The number of urea groups is 1. The van der Waals surface area contributed by atoms with Crippen molar-refractivity contribution < 1.29 is 4.79 Å². The van der Waals surface area contributed by atoms with E-state index in [-0.39, 0.29) is 6.03 Å². The van der Waals surface area contributed by atoms with Gasteiger partial charge in [0.1, 0.15) is 0 Å². The molecule has 0 unspecified atom stereocenters. The monoisotopic (exact) mass is 338 g/mol. The van der Waals surface area contributed by atoms with E-state index in [0.717, 1.165) is 44.7 Å². The Balaban J connectivity index is 1.39. The van der Waals surface area contributed by atoms with Gasteiger partial charge in [0, 0.05) is 50.3 Å². The van der Waals surface area contributed by atoms with Gasteiger partial charge < -0.3 is 15.1 Å². The molecule has 25 heavy (non-hydrogen) atoms. The molecule has 132 valence electrons. The maximum absolute atomic E-state index is 12.3. The molecule has 1 aliphatic rings. The molecular weight excluding hydrogens is 312 g/mol. The molecule has 0 bridgehead atoms. The van der Waals surface area contributed by atoms with Crippen molar-refractivity contribution in [3.8, 4) is 0 Å². The lowest BCUT2D eigenvalue weighted by atomic mass is 10.1. The van der Waals surface area contributed by atoms with Crippen molar-refractivity contribution in [2.45, 2.75) is 19.8 Å². The van der Waals surface area contributed by atoms with Crippen molar-refractivity contribution in [3.05, 3.63) is 59.9 Å². The highest BCUT2D eigenvalue weighted by Gasteiger charge is 2.21. The van der Waals surface area contributed by atoms with Crippen LogP contribution in [0.2, 0.25) is 0 Å². The van der Waals surface area contributed by atoms with E-state index in [4.69, 9.17) is 0 Å². The third-order valence-electron chi connectivity index (χ3n) is 4.64. The number of rotatable bonds is 5. The van der Waals surface area contributed by atoms with Gasteiger partial charge in [-0.1, -0.05) is 24.3 Å². The summed E-state index contributed by atoms with van der Waals surface area (Å²) in [5, 5.41) is 3.03. The number of nitrogens with zero attached hydrogens (tertiary/aromatic N) is 3. The van der Waals surface area contributed by atoms with Crippen LogP contribution in [0.3, 0.4) is 0 Å². The van der Waals surface area contributed by atoms with Crippen molar-refractivity contribution in [2.75, 3.05) is 37.6 Å². The van der Waals surface area contributed by atoms with Crippen molar-refractivity contribution in [1.29, 1.82) is 0 Å². The number of carbonyl (C=O) groups is 1. The van der Waals surface area contributed by atoms with Crippen molar-refractivity contribution in [2.24, 2.45) is 0 Å². The van der Waals surface area contributed by atoms with Gasteiger partial charge in [0.05, 0.1) is 0 Å². The van der Waals surface area contributed by atoms with Gasteiger partial charge in [-0.3, -0.25) is 4.98 Å². The van der Waals surface area contributed by atoms with Crippen LogP contribution in [0.15, 0.2) is 48.7 Å². The zero-order valence-corrected chi connectivity index (χ0v) is 14.8. The summed E-state index contributed by atoms with van der Waals surface area (Å²) < 4.78 is 0. The standard InChI is InChI=1S/C20H26N4O/c1-17-7-2-3-10-19(17)23-13-15-24(16-14-23)20(25)22-12-6-9-18-8-4-5-11-21-18/h2-5,7-8,10-11H,6,9,12-16H2,1H3,(H,22,25). The Morgan fingerprint density at radius 3 is 2.56 bits per heavy atom. The molecule has 0 spiro atoms. The number of benzene rings is 1. The molecule has 0 aliphatic carbocycles. The van der Waals surface area contributed by atoms with E-state index in [2.05, 4.69) is 46.4 Å². The molecule has 0 saturated carbocycles. The molecule has 1 N–H and O–H groups in total. The topological polar surface area (TPSA) is 48.5 Å². The summed E-state index contributed by atoms with van der Waals surface area (Å²) in [6.07, 6.45) is 3.61. The van der Waals surface area contributed by atoms with Gasteiger partial charge in [0.2, 0.25) is 0 Å². The fraction of sp³-hybridized carbons (Fsp3) is 0.400. The number of aryl methyl sites for hydroxylation is 2. The fourth-order valence-corrected chi connectivity index (χ4v) is 3.19. The van der Waals surface area contributed by atoms with Gasteiger partial charge in [-0.05, 0) is 43.5 Å². The fourth-order valence-electron chi connectivity index (χ4n) is 3.19. The molecule has 0 atom stereocenters. The number of aromatic nitrogens is 1. The van der Waals surface area contributed by atoms with Crippen LogP contribution in [0.5, 0.6) is 0 Å². The number of carbonyl (C=O) groups excluding carboxylic acids is 1. The maximum Gasteiger partial charge on any atom is 0.317 e. The van der Waals surface area contributed by atoms with Crippen LogP contribution in [-0.4, -0.2) is 48.6 Å². The molecule has 1 fully saturated rings. The Labute approximate surface area is 149 Å². The first-order valence-corrected chi connectivity index (χ1v) is 8.97. The normalized spacial score (nSPS) is 14.4. The first kappa shape index (κ1) is 17.3. The summed E-state index contributed by atoms with van der Waals surface area (Å²) in [5.41, 5.74) is 3.64. The molecule has 2 heterocycles. The van der Waals surface area contributed by atoms with E-state index in [0.29, 0.717) is 6.54 Å². The highest BCUT2D eigenvalue weighted by Crippen LogP contribution is 2.20. The zero-order valence-electron chi connectivity index (χ0n) is 14.8. The average Bonchev–Trinajstić information content (AvgIpc) is 2.66. The number of hydrogen-bond acceptors (Lipinski definition) is 3. The summed E-state index contributed by atoms with van der Waals surface area (Å²) in [4.78, 5) is 20.9. The van der Waals surface area contributed by atoms with Gasteiger partial charge >= 0.3 is 6.03 Å². The number of pyridine rings is 1. The third-order valence-corrected chi connectivity index (χ3v) is 4.64. The minimum absolute atomic E-state index is 0.0467. The Bertz CT molecular complexity index is 681. The number of piperazine rings is 1. The highest BCUT2D eigenvalue weighted by molar-refractivity contribution is 5.74. The predicted octanol–water partition coefficient (Wildman–Crippen LogP) is 2.85. The van der Waals surface area contributed by atoms with Crippen molar-refractivity contribution >= 4 is 11.7 Å². The molecule has 5 nitrogen and oxygen atoms in total. The number of para-hydroxylation sites is 1. The molecule has 5 heteroatoms. The van der Waals surface area contributed by atoms with Gasteiger partial charge in [-0.15, -0.1) is 0 Å². The van der Waals surface area contributed by atoms with Crippen LogP contribution in [0.25, 0.3) is 0 Å². The zero-order chi connectivity index (χ0) is 17.5. The first-order chi connectivity index (χ1) is 12.2. The number of nitrogens with one attached hydrogen (secondary N) is 1. The second kappa shape index (κ2) is 8.51. The maximum atomic E-state index is 12.3. The van der Waals surface area contributed by atoms with Crippen molar-refractivity contribution in [1.82, 2.24) is 15.2 Å². The van der Waals surface area contributed by atoms with Gasteiger partial charge in [-0.2, -0.15) is 0 Å². The molecule has 2 aromatic rings. The lowest BCUT2D eigenvalue weighted by Crippen LogP contribution is -2.52. The van der Waals surface area contributed by atoms with E-state index in [9.17, 15) is 4.79 Å². The molecular formula is C20H26N4O. The van der Waals surface area contributed by atoms with Crippen LogP contribution in [-0.2, 0) is 6.42 Å². The largest absolute Gasteiger partial charge is 0.368 e. The van der Waals surface area contributed by atoms with Crippen molar-refractivity contribution in [3.63, 3.8) is 0 Å². The van der Waals surface area contributed by atoms with Crippen LogP contribution in [0, 0.1) is 6.92 Å². The summed E-state index contributed by atoms with van der Waals surface area (Å²) in [7, 11) is 0. The lowest BCUT2D eigenvalue weighted by molar-refractivity contribution is 0.194. The van der Waals surface area contributed by atoms with Crippen LogP contribution in [0.1, 0.15) is 17.7 Å². The van der Waals surface area contributed by atoms with E-state index in [1.807, 2.05) is 29.3 Å². The molecule has 2 amide bonds. The Morgan fingerprint density at radius 1 is 1.08 bits per heavy atom. The van der Waals surface area contributed by atoms with E-state index in [1.165, 1.54) is 11.3 Å². The lowest BCUT2D eigenvalue weighted by Gasteiger charge is -2.36. The summed E-state index contributed by atoms with van der Waals surface area (Å²) in [6, 6.07) is 14.4. The molecule has 3 rings (SSSR count). The van der Waals surface area contributed by atoms with E-state index < -0.39 is 0 Å². The van der Waals surface area contributed by atoms with E-state index in [1.54, 1.807) is 0 Å². The summed E-state index contributed by atoms with van der Waals surface area (Å²) in [6.45, 7) is 6.11. The van der Waals surface area contributed by atoms with Gasteiger partial charge in [-0.25, -0.2) is 4.79 Å². The first-order valence-electron chi connectivity index (χ1n) is 8.97. The smallest absolute Gasteiger partial charge is 0.317 e. The third kappa shape index (κ3) is 4.72. The average molecular weight is 338 g/mol. The Kier molecular flexibility index (Phi) is 5.88. The van der Waals surface area contributed by atoms with Gasteiger partial charge in [0.25, 0.3) is 0 Å². The molecule has 1 aliphatic heterocycles. The molecule has 1 aromatic carbocycles. The Morgan fingerprint density at radius 2 is 1.84 bits per heavy atom. The van der Waals surface area contributed by atoms with Crippen LogP contribution in [0.4, 0.5) is 10.5 Å². The second-order valence-electron chi connectivity index (χ2n) is 6.42. The minimum Gasteiger partial charge on any atom is -0.368 e. The quantitative estimate of drug-likeness (QED) is 0.853. The van der Waals surface area contributed by atoms with Crippen LogP contribution >= 0.6 is 0 Å². The highest BCUT2D eigenvalue weighted by atomic mass is 16.2. The second-order valence-corrected chi connectivity index (χ2v) is 6.42. The minimum atomic E-state index is 0.0467. The van der Waals surface area contributed by atoms with Gasteiger partial charge in [0.15, 0.2) is 0 Å². The SMILES string of the molecule is Cc1ccccc1N1CCN(C(=O)NCCCc2ccccn2)CC1. The Hall–Kier alpha value is -2.56. The van der Waals surface area contributed by atoms with E-state index >= 15 is 0 Å². The molecule has 1 saturated heterocycles. The number of amides is 2. The molecule has 1 aromatic heterocycles. The predicted molar refractivity (Wildman–Crippen MR) is 101 cm³/mol. The van der Waals surface area contributed by atoms with Crippen LogP contribution < -0.4 is 10.2 Å². The number of anilines is 1. The molecule has 0 radical (unpaired) electrons. The summed E-state index contributed by atoms with van der Waals surface area (Å²) >= 11 is 0.